The molecule has 2 N–H and O–H groups in total. The number of benzene rings is 2. The van der Waals surface area contributed by atoms with Gasteiger partial charge in [-0.1, -0.05) is 45.7 Å². The van der Waals surface area contributed by atoms with Crippen molar-refractivity contribution in [1.29, 1.82) is 0 Å². The van der Waals surface area contributed by atoms with Crippen LogP contribution in [-0.2, 0) is 6.42 Å². The third kappa shape index (κ3) is 3.34. The van der Waals surface area contributed by atoms with Crippen LogP contribution in [0.15, 0.2) is 47.1 Å². The van der Waals surface area contributed by atoms with Crippen molar-refractivity contribution in [2.75, 3.05) is 17.2 Å². The van der Waals surface area contributed by atoms with Crippen LogP contribution in [0.3, 0.4) is 0 Å². The van der Waals surface area contributed by atoms with Crippen LogP contribution in [0.25, 0.3) is 0 Å². The molecule has 4 rings (SSSR count). The maximum absolute atomic E-state index is 6.27. The number of aryl methyl sites for hydroxylation is 1. The minimum atomic E-state index is 0.450. The summed E-state index contributed by atoms with van der Waals surface area (Å²) in [5, 5.41) is 6.95. The number of halogens is 2. The fraction of sp³-hybridized carbons (Fsp3) is 0.158. The molecule has 132 valence electrons. The average molecular weight is 432 g/mol. The lowest BCUT2D eigenvalue weighted by Crippen LogP contribution is -2.03. The van der Waals surface area contributed by atoms with E-state index in [1.54, 1.807) is 6.20 Å². The van der Waals surface area contributed by atoms with Crippen molar-refractivity contribution in [2.24, 2.45) is 0 Å². The first kappa shape index (κ1) is 17.1. The summed E-state index contributed by atoms with van der Waals surface area (Å²) in [5.41, 5.74) is 4.05. The van der Waals surface area contributed by atoms with Crippen molar-refractivity contribution in [2.45, 2.75) is 13.3 Å². The van der Waals surface area contributed by atoms with E-state index in [9.17, 15) is 0 Å². The highest BCUT2D eigenvalue weighted by Crippen LogP contribution is 2.39. The van der Waals surface area contributed by atoms with E-state index in [0.29, 0.717) is 23.4 Å². The molecule has 2 aromatic carbocycles. The summed E-state index contributed by atoms with van der Waals surface area (Å²) in [6.45, 7) is 2.70. The number of nitrogens with zero attached hydrogens (tertiary/aromatic N) is 2. The number of aromatic nitrogens is 2. The monoisotopic (exact) mass is 430 g/mol. The molecule has 0 radical (unpaired) electrons. The number of hydrogen-bond donors (Lipinski definition) is 2. The molecule has 0 bridgehead atoms. The lowest BCUT2D eigenvalue weighted by Gasteiger charge is -2.13. The van der Waals surface area contributed by atoms with E-state index >= 15 is 0 Å². The number of hydrogen-bond acceptors (Lipinski definition) is 5. The Hall–Kier alpha value is -2.31. The van der Waals surface area contributed by atoms with E-state index < -0.39 is 0 Å². The first-order chi connectivity index (χ1) is 12.6. The Balaban J connectivity index is 1.63. The molecule has 0 unspecified atom stereocenters. The van der Waals surface area contributed by atoms with Gasteiger partial charge >= 0.3 is 0 Å². The zero-order valence-electron chi connectivity index (χ0n) is 14.0. The van der Waals surface area contributed by atoms with Crippen molar-refractivity contribution < 1.29 is 4.74 Å². The zero-order chi connectivity index (χ0) is 18.1. The Morgan fingerprint density at radius 1 is 1.12 bits per heavy atom. The third-order valence-corrected chi connectivity index (χ3v) is 5.21. The Morgan fingerprint density at radius 2 is 1.96 bits per heavy atom. The minimum absolute atomic E-state index is 0.450. The SMILES string of the molecule is Cc1ccccc1Nc1nc(Nc2ccc(Br)c3c2OCC3)ncc1Cl. The topological polar surface area (TPSA) is 59.1 Å². The van der Waals surface area contributed by atoms with Gasteiger partial charge in [0, 0.05) is 22.1 Å². The average Bonchev–Trinajstić information content (AvgIpc) is 3.13. The van der Waals surface area contributed by atoms with Crippen LogP contribution in [0, 0.1) is 6.92 Å². The van der Waals surface area contributed by atoms with Gasteiger partial charge in [-0.15, -0.1) is 0 Å². The molecular weight excluding hydrogens is 416 g/mol. The van der Waals surface area contributed by atoms with Crippen LogP contribution >= 0.6 is 27.5 Å². The van der Waals surface area contributed by atoms with Gasteiger partial charge in [0.2, 0.25) is 5.95 Å². The van der Waals surface area contributed by atoms with E-state index in [2.05, 4.69) is 36.5 Å². The van der Waals surface area contributed by atoms with Gasteiger partial charge < -0.3 is 15.4 Å². The lowest BCUT2D eigenvalue weighted by atomic mass is 10.1. The van der Waals surface area contributed by atoms with Gasteiger partial charge in [0.15, 0.2) is 5.82 Å². The highest BCUT2D eigenvalue weighted by molar-refractivity contribution is 9.10. The molecule has 0 saturated heterocycles. The standard InChI is InChI=1S/C19H16BrClN4O/c1-11-4-2-3-5-15(11)23-18-14(21)10-22-19(25-18)24-16-7-6-13(20)12-8-9-26-17(12)16/h2-7,10H,8-9H2,1H3,(H2,22,23,24,25). The van der Waals surface area contributed by atoms with Gasteiger partial charge in [-0.3, -0.25) is 0 Å². The lowest BCUT2D eigenvalue weighted by molar-refractivity contribution is 0.358. The third-order valence-electron chi connectivity index (χ3n) is 4.19. The molecule has 1 aliphatic heterocycles. The number of rotatable bonds is 4. The van der Waals surface area contributed by atoms with Gasteiger partial charge in [-0.25, -0.2) is 4.98 Å². The fourth-order valence-electron chi connectivity index (χ4n) is 2.83. The summed E-state index contributed by atoms with van der Waals surface area (Å²) in [6, 6.07) is 11.9. The predicted octanol–water partition coefficient (Wildman–Crippen LogP) is 5.62. The molecule has 0 amide bonds. The molecule has 1 aliphatic rings. The first-order valence-electron chi connectivity index (χ1n) is 8.18. The summed E-state index contributed by atoms with van der Waals surface area (Å²) in [5.74, 6) is 1.84. The number of anilines is 4. The number of nitrogens with one attached hydrogen (secondary N) is 2. The quantitative estimate of drug-likeness (QED) is 0.561. The Bertz CT molecular complexity index is 980. The Kier molecular flexibility index (Phi) is 4.70. The second kappa shape index (κ2) is 7.13. The molecule has 0 spiro atoms. The van der Waals surface area contributed by atoms with E-state index in [1.165, 1.54) is 0 Å². The molecule has 7 heteroatoms. The highest BCUT2D eigenvalue weighted by Gasteiger charge is 2.20. The molecule has 5 nitrogen and oxygen atoms in total. The molecule has 3 aromatic rings. The smallest absolute Gasteiger partial charge is 0.229 e. The van der Waals surface area contributed by atoms with Crippen LogP contribution < -0.4 is 15.4 Å². The summed E-state index contributed by atoms with van der Waals surface area (Å²) >= 11 is 9.84. The largest absolute Gasteiger partial charge is 0.491 e. The molecule has 0 fully saturated rings. The second-order valence-electron chi connectivity index (χ2n) is 5.96. The Labute approximate surface area is 164 Å². The van der Waals surface area contributed by atoms with Crippen molar-refractivity contribution in [3.63, 3.8) is 0 Å². The van der Waals surface area contributed by atoms with Crippen molar-refractivity contribution in [3.8, 4) is 5.75 Å². The number of ether oxygens (including phenoxy) is 1. The summed E-state index contributed by atoms with van der Waals surface area (Å²) < 4.78 is 6.81. The van der Waals surface area contributed by atoms with Gasteiger partial charge in [0.05, 0.1) is 18.5 Å². The normalized spacial score (nSPS) is 12.4. The molecular formula is C19H16BrClN4O. The van der Waals surface area contributed by atoms with Gasteiger partial charge in [-0.05, 0) is 30.7 Å². The highest BCUT2D eigenvalue weighted by atomic mass is 79.9. The van der Waals surface area contributed by atoms with Gasteiger partial charge in [0.1, 0.15) is 10.8 Å². The van der Waals surface area contributed by atoms with Crippen molar-refractivity contribution in [1.82, 2.24) is 9.97 Å². The maximum atomic E-state index is 6.27. The summed E-state index contributed by atoms with van der Waals surface area (Å²) in [7, 11) is 0. The molecule has 0 atom stereocenters. The fourth-order valence-corrected chi connectivity index (χ4v) is 3.48. The summed E-state index contributed by atoms with van der Waals surface area (Å²) in [6.07, 6.45) is 2.46. The molecule has 1 aromatic heterocycles. The van der Waals surface area contributed by atoms with Crippen LogP contribution in [0.5, 0.6) is 5.75 Å². The molecule has 0 aliphatic carbocycles. The number of para-hydroxylation sites is 1. The van der Waals surface area contributed by atoms with Crippen LogP contribution in [-0.4, -0.2) is 16.6 Å². The van der Waals surface area contributed by atoms with Crippen LogP contribution in [0.1, 0.15) is 11.1 Å². The van der Waals surface area contributed by atoms with Crippen molar-refractivity contribution >= 4 is 50.7 Å². The van der Waals surface area contributed by atoms with E-state index in [-0.39, 0.29) is 0 Å². The summed E-state index contributed by atoms with van der Waals surface area (Å²) in [4.78, 5) is 8.80. The molecule has 26 heavy (non-hydrogen) atoms. The Morgan fingerprint density at radius 3 is 2.81 bits per heavy atom. The van der Waals surface area contributed by atoms with E-state index in [0.717, 1.165) is 39.1 Å². The van der Waals surface area contributed by atoms with Crippen LogP contribution in [0.4, 0.5) is 23.1 Å². The van der Waals surface area contributed by atoms with Gasteiger partial charge in [0.25, 0.3) is 0 Å². The predicted molar refractivity (Wildman–Crippen MR) is 108 cm³/mol. The van der Waals surface area contributed by atoms with Crippen LogP contribution in [0.2, 0.25) is 5.02 Å². The van der Waals surface area contributed by atoms with E-state index in [4.69, 9.17) is 16.3 Å². The zero-order valence-corrected chi connectivity index (χ0v) is 16.4. The number of fused-ring (bicyclic) bond motifs is 1. The van der Waals surface area contributed by atoms with Crippen molar-refractivity contribution in [3.05, 3.63) is 63.2 Å². The molecule has 2 heterocycles. The maximum Gasteiger partial charge on any atom is 0.229 e. The first-order valence-corrected chi connectivity index (χ1v) is 9.35. The molecule has 0 saturated carbocycles. The van der Waals surface area contributed by atoms with E-state index in [1.807, 2.05) is 43.3 Å². The second-order valence-corrected chi connectivity index (χ2v) is 7.22. The van der Waals surface area contributed by atoms with Gasteiger partial charge in [-0.2, -0.15) is 4.98 Å². The minimum Gasteiger partial charge on any atom is -0.491 e.